The van der Waals surface area contributed by atoms with E-state index in [9.17, 15) is 15.0 Å². The zero-order valence-corrected chi connectivity index (χ0v) is 23.0. The summed E-state index contributed by atoms with van der Waals surface area (Å²) in [7, 11) is 0. The molecule has 0 aliphatic rings. The van der Waals surface area contributed by atoms with Crippen LogP contribution in [0.25, 0.3) is 34.2 Å². The third-order valence-electron chi connectivity index (χ3n) is 5.76. The first kappa shape index (κ1) is 28.4. The van der Waals surface area contributed by atoms with Crippen molar-refractivity contribution in [2.75, 3.05) is 19.8 Å². The highest BCUT2D eigenvalue weighted by atomic mass is 16.6. The Hall–Kier alpha value is -4.66. The van der Waals surface area contributed by atoms with Gasteiger partial charge in [-0.05, 0) is 51.5 Å². The molecule has 0 atom stereocenters. The van der Waals surface area contributed by atoms with Crippen molar-refractivity contribution in [3.05, 3.63) is 66.7 Å². The van der Waals surface area contributed by atoms with Crippen molar-refractivity contribution in [3.8, 4) is 57.2 Å². The van der Waals surface area contributed by atoms with Gasteiger partial charge in [-0.25, -0.2) is 15.0 Å². The maximum atomic E-state index is 11.9. The van der Waals surface area contributed by atoms with Gasteiger partial charge >= 0.3 is 5.97 Å². The lowest BCUT2D eigenvalue weighted by Crippen LogP contribution is -2.24. The third kappa shape index (κ3) is 7.05. The maximum Gasteiger partial charge on any atom is 0.311 e. The van der Waals surface area contributed by atoms with Crippen LogP contribution in [0, 0.1) is 5.41 Å². The summed E-state index contributed by atoms with van der Waals surface area (Å²) in [6.45, 7) is 8.09. The van der Waals surface area contributed by atoms with Gasteiger partial charge < -0.3 is 24.4 Å². The molecule has 0 amide bonds. The first-order valence-corrected chi connectivity index (χ1v) is 13.1. The Morgan fingerprint density at radius 3 is 1.75 bits per heavy atom. The summed E-state index contributed by atoms with van der Waals surface area (Å²) in [5, 5.41) is 21.6. The number of hydrogen-bond acceptors (Lipinski definition) is 9. The van der Waals surface area contributed by atoms with Gasteiger partial charge in [0.1, 0.15) is 36.2 Å². The molecule has 0 spiro atoms. The molecule has 0 saturated heterocycles. The van der Waals surface area contributed by atoms with E-state index in [1.165, 1.54) is 12.1 Å². The molecule has 0 bridgehead atoms. The van der Waals surface area contributed by atoms with Crippen LogP contribution in [-0.4, -0.2) is 51.0 Å². The molecule has 9 nitrogen and oxygen atoms in total. The van der Waals surface area contributed by atoms with Gasteiger partial charge in [-0.1, -0.05) is 37.3 Å². The van der Waals surface area contributed by atoms with E-state index >= 15 is 0 Å². The number of phenolic OH excluding ortho intramolecular Hbond substituents is 2. The van der Waals surface area contributed by atoms with Crippen molar-refractivity contribution in [2.45, 2.75) is 34.1 Å². The molecular formula is C31H33N3O6. The molecule has 0 fully saturated rings. The Morgan fingerprint density at radius 2 is 1.25 bits per heavy atom. The van der Waals surface area contributed by atoms with E-state index < -0.39 is 5.41 Å². The fraction of sp³-hybridized carbons (Fsp3) is 0.290. The number of phenols is 2. The monoisotopic (exact) mass is 543 g/mol. The van der Waals surface area contributed by atoms with Gasteiger partial charge in [0.2, 0.25) is 0 Å². The zero-order valence-electron chi connectivity index (χ0n) is 23.0. The third-order valence-corrected chi connectivity index (χ3v) is 5.76. The van der Waals surface area contributed by atoms with Crippen LogP contribution in [0.1, 0.15) is 34.1 Å². The highest BCUT2D eigenvalue weighted by molar-refractivity contribution is 5.75. The van der Waals surface area contributed by atoms with Crippen molar-refractivity contribution < 1.29 is 29.2 Å². The fourth-order valence-corrected chi connectivity index (χ4v) is 3.64. The second-order valence-electron chi connectivity index (χ2n) is 10.1. The lowest BCUT2D eigenvalue weighted by molar-refractivity contribution is -0.153. The van der Waals surface area contributed by atoms with E-state index in [1.54, 1.807) is 45.0 Å². The molecule has 0 aliphatic carbocycles. The lowest BCUT2D eigenvalue weighted by Gasteiger charge is -2.16. The van der Waals surface area contributed by atoms with Crippen LogP contribution in [0.2, 0.25) is 0 Å². The van der Waals surface area contributed by atoms with Gasteiger partial charge in [-0.15, -0.1) is 0 Å². The number of nitrogens with zero attached hydrogens (tertiary/aromatic N) is 3. The van der Waals surface area contributed by atoms with E-state index in [2.05, 4.69) is 15.0 Å². The first-order chi connectivity index (χ1) is 19.2. The van der Waals surface area contributed by atoms with Crippen molar-refractivity contribution >= 4 is 5.97 Å². The number of aromatic hydroxyl groups is 2. The summed E-state index contributed by atoms with van der Waals surface area (Å²) in [6.07, 6.45) is 0.845. The Kier molecular flexibility index (Phi) is 8.83. The van der Waals surface area contributed by atoms with Crippen LogP contribution < -0.4 is 9.47 Å². The minimum Gasteiger partial charge on any atom is -0.507 e. The Labute approximate surface area is 233 Å². The minimum atomic E-state index is -0.594. The number of esters is 1. The average Bonchev–Trinajstić information content (AvgIpc) is 2.94. The predicted molar refractivity (Wildman–Crippen MR) is 151 cm³/mol. The molecule has 208 valence electrons. The largest absolute Gasteiger partial charge is 0.507 e. The normalized spacial score (nSPS) is 11.2. The van der Waals surface area contributed by atoms with Gasteiger partial charge in [0.25, 0.3) is 0 Å². The number of aromatic nitrogens is 3. The fourth-order valence-electron chi connectivity index (χ4n) is 3.64. The molecule has 0 unspecified atom stereocenters. The van der Waals surface area contributed by atoms with E-state index in [4.69, 9.17) is 14.2 Å². The van der Waals surface area contributed by atoms with Crippen molar-refractivity contribution in [2.24, 2.45) is 5.41 Å². The highest BCUT2D eigenvalue weighted by Crippen LogP contribution is 2.35. The van der Waals surface area contributed by atoms with E-state index in [0.29, 0.717) is 35.1 Å². The summed E-state index contributed by atoms with van der Waals surface area (Å²) in [6, 6.07) is 19.1. The summed E-state index contributed by atoms with van der Waals surface area (Å²) in [4.78, 5) is 25.7. The standard InChI is InChI=1S/C31H33N3O6/c1-5-15-38-21-11-13-23(25(35)18-21)28-32-27(20-9-7-6-8-10-20)33-29(34-28)24-14-12-22(19-26(24)36)39-16-17-40-30(37)31(2,3)4/h6-14,18-19,35-36H,5,15-17H2,1-4H3. The number of ether oxygens (including phenoxy) is 3. The van der Waals surface area contributed by atoms with E-state index in [-0.39, 0.29) is 42.3 Å². The molecule has 1 heterocycles. The Balaban J connectivity index is 1.63. The summed E-state index contributed by atoms with van der Waals surface area (Å²) in [5.74, 6) is 1.32. The number of benzene rings is 3. The van der Waals surface area contributed by atoms with Gasteiger partial charge in [0, 0.05) is 17.7 Å². The topological polar surface area (TPSA) is 124 Å². The SMILES string of the molecule is CCCOc1ccc(-c2nc(-c3ccccc3)nc(-c3ccc(OCCOC(=O)C(C)(C)C)cc3O)n2)c(O)c1. The van der Waals surface area contributed by atoms with E-state index in [0.717, 1.165) is 12.0 Å². The molecule has 4 rings (SSSR count). The Bertz CT molecular complexity index is 1470. The van der Waals surface area contributed by atoms with Crippen molar-refractivity contribution in [1.82, 2.24) is 15.0 Å². The van der Waals surface area contributed by atoms with Crippen molar-refractivity contribution in [3.63, 3.8) is 0 Å². The van der Waals surface area contributed by atoms with Gasteiger partial charge in [0.15, 0.2) is 17.5 Å². The van der Waals surface area contributed by atoms with Crippen LogP contribution in [-0.2, 0) is 9.53 Å². The van der Waals surface area contributed by atoms with E-state index in [1.807, 2.05) is 37.3 Å². The molecule has 40 heavy (non-hydrogen) atoms. The number of rotatable bonds is 10. The van der Waals surface area contributed by atoms with Crippen LogP contribution in [0.4, 0.5) is 0 Å². The minimum absolute atomic E-state index is 0.0371. The zero-order chi connectivity index (χ0) is 28.7. The van der Waals surface area contributed by atoms with Crippen LogP contribution in [0.15, 0.2) is 66.7 Å². The number of carbonyl (C=O) groups is 1. The maximum absolute atomic E-state index is 11.9. The molecular weight excluding hydrogens is 510 g/mol. The van der Waals surface area contributed by atoms with Gasteiger partial charge in [-0.3, -0.25) is 4.79 Å². The molecule has 4 aromatic rings. The molecule has 0 saturated carbocycles. The summed E-state index contributed by atoms with van der Waals surface area (Å²) < 4.78 is 16.5. The molecule has 0 aliphatic heterocycles. The second-order valence-corrected chi connectivity index (χ2v) is 10.1. The van der Waals surface area contributed by atoms with Crippen molar-refractivity contribution in [1.29, 1.82) is 0 Å². The lowest BCUT2D eigenvalue weighted by atomic mass is 9.97. The molecule has 0 radical (unpaired) electrons. The van der Waals surface area contributed by atoms with Crippen LogP contribution >= 0.6 is 0 Å². The quantitative estimate of drug-likeness (QED) is 0.182. The highest BCUT2D eigenvalue weighted by Gasteiger charge is 2.23. The van der Waals surface area contributed by atoms with Gasteiger partial charge in [0.05, 0.1) is 23.1 Å². The second kappa shape index (κ2) is 12.5. The first-order valence-electron chi connectivity index (χ1n) is 13.1. The summed E-state index contributed by atoms with van der Waals surface area (Å²) >= 11 is 0. The number of hydrogen-bond donors (Lipinski definition) is 2. The molecule has 2 N–H and O–H groups in total. The Morgan fingerprint density at radius 1 is 0.725 bits per heavy atom. The number of carbonyl (C=O) groups excluding carboxylic acids is 1. The molecule has 9 heteroatoms. The smallest absolute Gasteiger partial charge is 0.311 e. The molecule has 1 aromatic heterocycles. The molecule has 3 aromatic carbocycles. The van der Waals surface area contributed by atoms with Gasteiger partial charge in [-0.2, -0.15) is 0 Å². The van der Waals surface area contributed by atoms with Crippen LogP contribution in [0.3, 0.4) is 0 Å². The predicted octanol–water partition coefficient (Wildman–Crippen LogP) is 6.04. The van der Waals surface area contributed by atoms with Crippen LogP contribution in [0.5, 0.6) is 23.0 Å². The summed E-state index contributed by atoms with van der Waals surface area (Å²) in [5.41, 5.74) is 0.909. The average molecular weight is 544 g/mol.